The number of halogens is 1. The van der Waals surface area contributed by atoms with Gasteiger partial charge in [0.1, 0.15) is 5.82 Å². The summed E-state index contributed by atoms with van der Waals surface area (Å²) in [6.45, 7) is 1.97. The van der Waals surface area contributed by atoms with E-state index in [4.69, 9.17) is 16.7 Å². The quantitative estimate of drug-likeness (QED) is 0.895. The normalized spacial score (nSPS) is 11.9. The Bertz CT molecular complexity index is 584. The van der Waals surface area contributed by atoms with Gasteiger partial charge in [-0.15, -0.1) is 0 Å². The number of nitrogens with one attached hydrogen (secondary N) is 1. The molecule has 0 fully saturated rings. The molecule has 0 saturated heterocycles. The molecule has 0 amide bonds. The van der Waals surface area contributed by atoms with Gasteiger partial charge in [0.2, 0.25) is 0 Å². The van der Waals surface area contributed by atoms with E-state index in [9.17, 15) is 4.79 Å². The van der Waals surface area contributed by atoms with Crippen LogP contribution in [0.5, 0.6) is 0 Å². The van der Waals surface area contributed by atoms with Crippen LogP contribution in [0.4, 0.5) is 5.82 Å². The summed E-state index contributed by atoms with van der Waals surface area (Å²) in [6, 6.07) is 10.4. The number of hydrogen-bond acceptors (Lipinski definition) is 3. The summed E-state index contributed by atoms with van der Waals surface area (Å²) < 4.78 is 0. The fraction of sp³-hybridized carbons (Fsp3) is 0.143. The topological polar surface area (TPSA) is 62.2 Å². The van der Waals surface area contributed by atoms with Gasteiger partial charge in [-0.05, 0) is 36.8 Å². The number of carboxylic acid groups (broad SMARTS) is 1. The largest absolute Gasteiger partial charge is 0.478 e. The van der Waals surface area contributed by atoms with Crippen LogP contribution in [0.3, 0.4) is 0 Å². The lowest BCUT2D eigenvalue weighted by Gasteiger charge is -2.15. The number of benzene rings is 1. The molecular weight excluding hydrogens is 264 g/mol. The van der Waals surface area contributed by atoms with Crippen LogP contribution in [0.25, 0.3) is 0 Å². The van der Waals surface area contributed by atoms with Gasteiger partial charge in [-0.25, -0.2) is 9.78 Å². The first-order chi connectivity index (χ1) is 9.06. The van der Waals surface area contributed by atoms with Crippen LogP contribution >= 0.6 is 11.6 Å². The van der Waals surface area contributed by atoms with Gasteiger partial charge in [-0.2, -0.15) is 0 Å². The lowest BCUT2D eigenvalue weighted by atomic mass is 10.1. The smallest absolute Gasteiger partial charge is 0.335 e. The van der Waals surface area contributed by atoms with Crippen molar-refractivity contribution in [2.75, 3.05) is 5.32 Å². The van der Waals surface area contributed by atoms with Crippen LogP contribution in [0, 0.1) is 0 Å². The second-order valence-electron chi connectivity index (χ2n) is 4.15. The number of hydrogen-bond donors (Lipinski definition) is 2. The molecule has 2 N–H and O–H groups in total. The number of aromatic carboxylic acids is 1. The maximum absolute atomic E-state index is 10.9. The van der Waals surface area contributed by atoms with E-state index in [1.807, 2.05) is 31.2 Å². The van der Waals surface area contributed by atoms with Crippen molar-refractivity contribution < 1.29 is 9.90 Å². The molecule has 0 aliphatic rings. The average molecular weight is 277 g/mol. The van der Waals surface area contributed by atoms with Crippen molar-refractivity contribution in [1.82, 2.24) is 4.98 Å². The van der Waals surface area contributed by atoms with Crippen LogP contribution in [0.15, 0.2) is 42.6 Å². The lowest BCUT2D eigenvalue weighted by Crippen LogP contribution is -2.08. The van der Waals surface area contributed by atoms with Crippen molar-refractivity contribution in [3.05, 3.63) is 58.7 Å². The molecule has 4 nitrogen and oxygen atoms in total. The Kier molecular flexibility index (Phi) is 4.02. The summed E-state index contributed by atoms with van der Waals surface area (Å²) in [4.78, 5) is 15.0. The van der Waals surface area contributed by atoms with Gasteiger partial charge in [0.15, 0.2) is 0 Å². The first-order valence-electron chi connectivity index (χ1n) is 5.77. The molecule has 0 aliphatic carbocycles. The molecule has 19 heavy (non-hydrogen) atoms. The Morgan fingerprint density at radius 2 is 2.00 bits per heavy atom. The van der Waals surface area contributed by atoms with E-state index in [1.165, 1.54) is 18.3 Å². The Morgan fingerprint density at radius 1 is 1.32 bits per heavy atom. The average Bonchev–Trinajstić information content (AvgIpc) is 2.39. The fourth-order valence-electron chi connectivity index (χ4n) is 1.70. The molecule has 1 aromatic heterocycles. The second kappa shape index (κ2) is 5.71. The standard InChI is InChI=1S/C14H13ClN2O2/c1-9(10-2-4-12(15)5-3-10)17-13-8-11(14(18)19)6-7-16-13/h2-9H,1H3,(H,16,17)(H,18,19). The van der Waals surface area contributed by atoms with Crippen molar-refractivity contribution in [2.45, 2.75) is 13.0 Å². The van der Waals surface area contributed by atoms with E-state index in [2.05, 4.69) is 10.3 Å². The first-order valence-corrected chi connectivity index (χ1v) is 6.15. The predicted molar refractivity (Wildman–Crippen MR) is 74.7 cm³/mol. The van der Waals surface area contributed by atoms with E-state index in [0.717, 1.165) is 5.56 Å². The van der Waals surface area contributed by atoms with Crippen molar-refractivity contribution >= 4 is 23.4 Å². The van der Waals surface area contributed by atoms with Gasteiger partial charge < -0.3 is 10.4 Å². The van der Waals surface area contributed by atoms with Gasteiger partial charge in [0, 0.05) is 17.3 Å². The third kappa shape index (κ3) is 3.45. The minimum Gasteiger partial charge on any atom is -0.478 e. The Labute approximate surface area is 116 Å². The number of carbonyl (C=O) groups is 1. The molecule has 2 aromatic rings. The van der Waals surface area contributed by atoms with Gasteiger partial charge in [0.05, 0.1) is 5.56 Å². The minimum absolute atomic E-state index is 0.00816. The van der Waals surface area contributed by atoms with E-state index >= 15 is 0 Å². The summed E-state index contributed by atoms with van der Waals surface area (Å²) in [5, 5.41) is 12.8. The molecule has 0 aliphatic heterocycles. The maximum atomic E-state index is 10.9. The zero-order chi connectivity index (χ0) is 13.8. The molecular formula is C14H13ClN2O2. The molecule has 1 unspecified atom stereocenters. The monoisotopic (exact) mass is 276 g/mol. The van der Waals surface area contributed by atoms with Crippen LogP contribution in [-0.4, -0.2) is 16.1 Å². The predicted octanol–water partition coefficient (Wildman–Crippen LogP) is 3.61. The highest BCUT2D eigenvalue weighted by molar-refractivity contribution is 6.30. The van der Waals surface area contributed by atoms with Gasteiger partial charge in [-0.3, -0.25) is 0 Å². The maximum Gasteiger partial charge on any atom is 0.335 e. The molecule has 1 heterocycles. The number of pyridine rings is 1. The SMILES string of the molecule is CC(Nc1cc(C(=O)O)ccn1)c1ccc(Cl)cc1. The van der Waals surface area contributed by atoms with E-state index in [0.29, 0.717) is 10.8 Å². The van der Waals surface area contributed by atoms with Crippen molar-refractivity contribution in [1.29, 1.82) is 0 Å². The molecule has 0 spiro atoms. The van der Waals surface area contributed by atoms with Gasteiger partial charge in [0.25, 0.3) is 0 Å². The Morgan fingerprint density at radius 3 is 2.63 bits per heavy atom. The van der Waals surface area contributed by atoms with Crippen LogP contribution < -0.4 is 5.32 Å². The third-order valence-corrected chi connectivity index (χ3v) is 2.99. The molecule has 0 bridgehead atoms. The minimum atomic E-state index is -0.968. The van der Waals surface area contributed by atoms with E-state index < -0.39 is 5.97 Å². The van der Waals surface area contributed by atoms with Crippen LogP contribution in [0.1, 0.15) is 28.9 Å². The van der Waals surface area contributed by atoms with E-state index in [-0.39, 0.29) is 11.6 Å². The summed E-state index contributed by atoms with van der Waals surface area (Å²) >= 11 is 5.83. The zero-order valence-corrected chi connectivity index (χ0v) is 11.1. The van der Waals surface area contributed by atoms with Gasteiger partial charge in [-0.1, -0.05) is 23.7 Å². The van der Waals surface area contributed by atoms with Crippen molar-refractivity contribution in [2.24, 2.45) is 0 Å². The summed E-state index contributed by atoms with van der Waals surface area (Å²) in [5.41, 5.74) is 1.26. The number of aromatic nitrogens is 1. The molecule has 2 rings (SSSR count). The molecule has 0 saturated carbocycles. The molecule has 1 aromatic carbocycles. The fourth-order valence-corrected chi connectivity index (χ4v) is 1.83. The highest BCUT2D eigenvalue weighted by Crippen LogP contribution is 2.20. The molecule has 98 valence electrons. The molecule has 1 atom stereocenters. The third-order valence-electron chi connectivity index (χ3n) is 2.74. The van der Waals surface area contributed by atoms with Crippen molar-refractivity contribution in [3.8, 4) is 0 Å². The van der Waals surface area contributed by atoms with Crippen LogP contribution in [0.2, 0.25) is 5.02 Å². The summed E-state index contributed by atoms with van der Waals surface area (Å²) in [5.74, 6) is -0.438. The Hall–Kier alpha value is -2.07. The summed E-state index contributed by atoms with van der Waals surface area (Å²) in [6.07, 6.45) is 1.47. The number of carboxylic acids is 1. The van der Waals surface area contributed by atoms with E-state index in [1.54, 1.807) is 0 Å². The number of anilines is 1. The van der Waals surface area contributed by atoms with Crippen LogP contribution in [-0.2, 0) is 0 Å². The number of rotatable bonds is 4. The number of nitrogens with zero attached hydrogens (tertiary/aromatic N) is 1. The molecule has 0 radical (unpaired) electrons. The highest BCUT2D eigenvalue weighted by atomic mass is 35.5. The Balaban J connectivity index is 2.14. The first kappa shape index (κ1) is 13.4. The molecule has 5 heteroatoms. The van der Waals surface area contributed by atoms with Crippen molar-refractivity contribution in [3.63, 3.8) is 0 Å². The second-order valence-corrected chi connectivity index (χ2v) is 4.59. The zero-order valence-electron chi connectivity index (χ0n) is 10.3. The van der Waals surface area contributed by atoms with Gasteiger partial charge >= 0.3 is 5.97 Å². The summed E-state index contributed by atoms with van der Waals surface area (Å²) in [7, 11) is 0. The highest BCUT2D eigenvalue weighted by Gasteiger charge is 2.08. The lowest BCUT2D eigenvalue weighted by molar-refractivity contribution is 0.0697.